The molecule has 1 aromatic rings. The summed E-state index contributed by atoms with van der Waals surface area (Å²) in [5, 5.41) is 8.98. The van der Waals surface area contributed by atoms with E-state index in [4.69, 9.17) is 4.74 Å². The molecule has 1 heterocycles. The van der Waals surface area contributed by atoms with Crippen molar-refractivity contribution >= 4 is 16.5 Å². The molecule has 1 fully saturated rings. The molecule has 0 spiro atoms. The van der Waals surface area contributed by atoms with E-state index in [1.807, 2.05) is 20.8 Å². The van der Waals surface area contributed by atoms with Crippen LogP contribution in [0.1, 0.15) is 32.2 Å². The fourth-order valence-electron chi connectivity index (χ4n) is 2.27. The maximum Gasteiger partial charge on any atom is 0.445 e. The van der Waals surface area contributed by atoms with Crippen LogP contribution in [0.5, 0.6) is 0 Å². The number of anilines is 1. The summed E-state index contributed by atoms with van der Waals surface area (Å²) in [5.41, 5.74) is -0.464. The van der Waals surface area contributed by atoms with Gasteiger partial charge in [0, 0.05) is 18.6 Å². The van der Waals surface area contributed by atoms with Gasteiger partial charge in [-0.25, -0.2) is 0 Å². The Morgan fingerprint density at radius 1 is 1.32 bits per heavy atom. The molecule has 2 unspecified atom stereocenters. The van der Waals surface area contributed by atoms with Crippen molar-refractivity contribution < 1.29 is 17.9 Å². The first kappa shape index (κ1) is 14.5. The highest BCUT2D eigenvalue weighted by Gasteiger charge is 2.58. The highest BCUT2D eigenvalue weighted by Crippen LogP contribution is 2.52. The van der Waals surface area contributed by atoms with Gasteiger partial charge in [-0.1, -0.05) is 25.2 Å². The number of nitrogens with one attached hydrogen (secondary N) is 1. The third-order valence-corrected chi connectivity index (χ3v) is 5.14. The quantitative estimate of drug-likeness (QED) is 0.930. The Hall–Kier alpha value is -0.890. The fraction of sp³-hybridized carbons (Fsp3) is 0.818. The molecule has 0 saturated heterocycles. The van der Waals surface area contributed by atoms with Crippen LogP contribution in [0.25, 0.3) is 0 Å². The van der Waals surface area contributed by atoms with Crippen molar-refractivity contribution in [3.8, 4) is 0 Å². The van der Waals surface area contributed by atoms with Crippen molar-refractivity contribution in [3.63, 3.8) is 0 Å². The molecule has 108 valence electrons. The zero-order chi connectivity index (χ0) is 14.5. The maximum absolute atomic E-state index is 12.4. The minimum Gasteiger partial charge on any atom is -0.378 e. The second kappa shape index (κ2) is 4.31. The fourth-order valence-corrected chi connectivity index (χ4v) is 2.93. The Balaban J connectivity index is 2.06. The van der Waals surface area contributed by atoms with Gasteiger partial charge in [-0.15, -0.1) is 10.2 Å². The molecular weight excluding hydrogens is 279 g/mol. The summed E-state index contributed by atoms with van der Waals surface area (Å²) in [6.45, 7) is 6.03. The van der Waals surface area contributed by atoms with Crippen LogP contribution in [0, 0.1) is 5.41 Å². The molecule has 1 N–H and O–H groups in total. The second-order valence-electron chi connectivity index (χ2n) is 5.47. The third kappa shape index (κ3) is 2.31. The van der Waals surface area contributed by atoms with Gasteiger partial charge in [0.05, 0.1) is 5.60 Å². The number of rotatable bonds is 3. The summed E-state index contributed by atoms with van der Waals surface area (Å²) in [4.78, 5) is 0. The molecule has 0 bridgehead atoms. The van der Waals surface area contributed by atoms with E-state index < -0.39 is 11.2 Å². The summed E-state index contributed by atoms with van der Waals surface area (Å²) in [7, 11) is 1.64. The zero-order valence-corrected chi connectivity index (χ0v) is 11.9. The Bertz CT molecular complexity index is 474. The van der Waals surface area contributed by atoms with Gasteiger partial charge >= 0.3 is 6.18 Å². The average molecular weight is 295 g/mol. The molecule has 4 nitrogen and oxygen atoms in total. The van der Waals surface area contributed by atoms with E-state index in [1.54, 1.807) is 7.11 Å². The molecule has 0 radical (unpaired) electrons. The SMILES string of the molecule is COC1(C)CC(Nc2nnc(C(F)(F)F)s2)C1(C)C. The smallest absolute Gasteiger partial charge is 0.378 e. The van der Waals surface area contributed by atoms with Crippen LogP contribution in [0.3, 0.4) is 0 Å². The van der Waals surface area contributed by atoms with E-state index in [2.05, 4.69) is 15.5 Å². The van der Waals surface area contributed by atoms with Crippen molar-refractivity contribution in [2.24, 2.45) is 5.41 Å². The van der Waals surface area contributed by atoms with Gasteiger partial charge in [0.25, 0.3) is 0 Å². The Morgan fingerprint density at radius 3 is 2.37 bits per heavy atom. The van der Waals surface area contributed by atoms with E-state index in [0.29, 0.717) is 11.3 Å². The molecule has 1 aliphatic carbocycles. The number of nitrogens with zero attached hydrogens (tertiary/aromatic N) is 2. The number of ether oxygens (including phenoxy) is 1. The minimum absolute atomic E-state index is 0.0199. The van der Waals surface area contributed by atoms with Crippen molar-refractivity contribution in [2.45, 2.75) is 45.0 Å². The normalized spacial score (nSPS) is 29.9. The highest BCUT2D eigenvalue weighted by molar-refractivity contribution is 7.15. The van der Waals surface area contributed by atoms with Gasteiger partial charge in [0.2, 0.25) is 10.1 Å². The average Bonchev–Trinajstić information content (AvgIpc) is 2.76. The molecule has 1 aliphatic rings. The number of hydrogen-bond donors (Lipinski definition) is 1. The maximum atomic E-state index is 12.4. The minimum atomic E-state index is -4.44. The van der Waals surface area contributed by atoms with Crippen molar-refractivity contribution in [3.05, 3.63) is 5.01 Å². The van der Waals surface area contributed by atoms with E-state index in [-0.39, 0.29) is 22.2 Å². The van der Waals surface area contributed by atoms with E-state index >= 15 is 0 Å². The summed E-state index contributed by atoms with van der Waals surface area (Å²) in [6.07, 6.45) is -3.72. The Labute approximate surface area is 113 Å². The summed E-state index contributed by atoms with van der Waals surface area (Å²) in [6, 6.07) is 0.0199. The number of alkyl halides is 3. The monoisotopic (exact) mass is 295 g/mol. The first-order valence-corrected chi connectivity index (χ1v) is 6.64. The predicted octanol–water partition coefficient (Wildman–Crippen LogP) is 3.17. The molecule has 0 aromatic carbocycles. The Morgan fingerprint density at radius 2 is 1.95 bits per heavy atom. The second-order valence-corrected chi connectivity index (χ2v) is 6.45. The molecule has 1 saturated carbocycles. The van der Waals surface area contributed by atoms with Crippen LogP contribution in [0.15, 0.2) is 0 Å². The molecule has 1 aromatic heterocycles. The molecule has 0 amide bonds. The molecule has 0 aliphatic heterocycles. The predicted molar refractivity (Wildman–Crippen MR) is 66.1 cm³/mol. The zero-order valence-electron chi connectivity index (χ0n) is 11.1. The largest absolute Gasteiger partial charge is 0.445 e. The molecule has 2 rings (SSSR count). The lowest BCUT2D eigenvalue weighted by Crippen LogP contribution is -2.65. The van der Waals surface area contributed by atoms with Crippen molar-refractivity contribution in [1.82, 2.24) is 10.2 Å². The number of aromatic nitrogens is 2. The molecule has 19 heavy (non-hydrogen) atoms. The van der Waals surface area contributed by atoms with Crippen LogP contribution in [0.2, 0.25) is 0 Å². The van der Waals surface area contributed by atoms with Crippen LogP contribution >= 0.6 is 11.3 Å². The van der Waals surface area contributed by atoms with Gasteiger partial charge in [-0.3, -0.25) is 0 Å². The topological polar surface area (TPSA) is 47.0 Å². The van der Waals surface area contributed by atoms with E-state index in [1.165, 1.54) is 0 Å². The number of methoxy groups -OCH3 is 1. The van der Waals surface area contributed by atoms with E-state index in [0.717, 1.165) is 6.42 Å². The lowest BCUT2D eigenvalue weighted by Gasteiger charge is -2.59. The lowest BCUT2D eigenvalue weighted by atomic mass is 9.56. The van der Waals surface area contributed by atoms with Gasteiger partial charge in [0.1, 0.15) is 0 Å². The van der Waals surface area contributed by atoms with E-state index in [9.17, 15) is 13.2 Å². The number of halogens is 3. The Kier molecular flexibility index (Phi) is 3.29. The van der Waals surface area contributed by atoms with Gasteiger partial charge in [0.15, 0.2) is 0 Å². The van der Waals surface area contributed by atoms with Gasteiger partial charge in [-0.2, -0.15) is 13.2 Å². The summed E-state index contributed by atoms with van der Waals surface area (Å²) < 4.78 is 42.7. The number of hydrogen-bond acceptors (Lipinski definition) is 5. The molecule has 8 heteroatoms. The lowest BCUT2D eigenvalue weighted by molar-refractivity contribution is -0.166. The van der Waals surface area contributed by atoms with Gasteiger partial charge in [-0.05, 0) is 13.3 Å². The summed E-state index contributed by atoms with van der Waals surface area (Å²) >= 11 is 0.527. The van der Waals surface area contributed by atoms with Crippen molar-refractivity contribution in [2.75, 3.05) is 12.4 Å². The van der Waals surface area contributed by atoms with Crippen LogP contribution < -0.4 is 5.32 Å². The first-order chi connectivity index (χ1) is 8.60. The summed E-state index contributed by atoms with van der Waals surface area (Å²) in [5.74, 6) is 0. The van der Waals surface area contributed by atoms with Crippen LogP contribution in [-0.4, -0.2) is 29.0 Å². The first-order valence-electron chi connectivity index (χ1n) is 5.82. The van der Waals surface area contributed by atoms with Crippen LogP contribution in [-0.2, 0) is 10.9 Å². The molecule has 2 atom stereocenters. The highest BCUT2D eigenvalue weighted by atomic mass is 32.1. The third-order valence-electron chi connectivity index (χ3n) is 4.24. The molecular formula is C11H16F3N3OS. The van der Waals surface area contributed by atoms with Crippen molar-refractivity contribution in [1.29, 1.82) is 0 Å². The van der Waals surface area contributed by atoms with Gasteiger partial charge < -0.3 is 10.1 Å². The van der Waals surface area contributed by atoms with Crippen LogP contribution in [0.4, 0.5) is 18.3 Å². The standard InChI is InChI=1S/C11H16F3N3OS/c1-9(2)6(5-10(9,3)18-4)15-8-17-16-7(19-8)11(12,13)14/h6H,5H2,1-4H3,(H,15,17).